The Labute approximate surface area is 155 Å². The summed E-state index contributed by atoms with van der Waals surface area (Å²) in [6.45, 7) is 3.17. The lowest BCUT2D eigenvalue weighted by Crippen LogP contribution is -2.28. The number of hydrogen-bond donors (Lipinski definition) is 1. The zero-order chi connectivity index (χ0) is 18.8. The normalized spacial score (nSPS) is 16.0. The van der Waals surface area contributed by atoms with E-state index in [1.807, 2.05) is 31.2 Å². The molecule has 0 radical (unpaired) electrons. The van der Waals surface area contributed by atoms with Crippen molar-refractivity contribution in [2.45, 2.75) is 36.1 Å². The highest BCUT2D eigenvalue weighted by molar-refractivity contribution is 7.89. The Balaban J connectivity index is 1.73. The largest absolute Gasteiger partial charge is 0.243 e. The first kappa shape index (κ1) is 19.0. The van der Waals surface area contributed by atoms with Gasteiger partial charge in [-0.25, -0.2) is 21.6 Å². The Morgan fingerprint density at radius 1 is 0.846 bits per heavy atom. The van der Waals surface area contributed by atoms with Gasteiger partial charge in [-0.1, -0.05) is 29.8 Å². The average Bonchev–Trinajstić information content (AvgIpc) is 3.17. The monoisotopic (exact) mass is 394 g/mol. The summed E-state index contributed by atoms with van der Waals surface area (Å²) in [7, 11) is -7.25. The molecule has 2 aromatic carbocycles. The first-order valence-electron chi connectivity index (χ1n) is 8.44. The molecule has 1 saturated heterocycles. The van der Waals surface area contributed by atoms with Crippen LogP contribution >= 0.6 is 0 Å². The van der Waals surface area contributed by atoms with Crippen molar-refractivity contribution in [3.63, 3.8) is 0 Å². The van der Waals surface area contributed by atoms with Crippen LogP contribution in [0.2, 0.25) is 0 Å². The van der Waals surface area contributed by atoms with Gasteiger partial charge in [0.25, 0.3) is 0 Å². The summed E-state index contributed by atoms with van der Waals surface area (Å²) in [6, 6.07) is 12.9. The molecule has 1 aliphatic rings. The van der Waals surface area contributed by atoms with Crippen molar-refractivity contribution in [3.05, 3.63) is 59.7 Å². The smallest absolute Gasteiger partial charge is 0.207 e. The summed E-state index contributed by atoms with van der Waals surface area (Å²) >= 11 is 0. The van der Waals surface area contributed by atoms with Crippen LogP contribution in [0.15, 0.2) is 58.3 Å². The lowest BCUT2D eigenvalue weighted by molar-refractivity contribution is 0.477. The molecule has 0 saturated carbocycles. The molecule has 6 nitrogen and oxygen atoms in total. The molecule has 3 rings (SSSR count). The molecule has 1 heterocycles. The molecular weight excluding hydrogens is 372 g/mol. The van der Waals surface area contributed by atoms with Crippen molar-refractivity contribution < 1.29 is 16.8 Å². The minimum absolute atomic E-state index is 0.0463. The summed E-state index contributed by atoms with van der Waals surface area (Å²) in [5, 5.41) is 0. The Hall–Kier alpha value is -1.74. The molecule has 8 heteroatoms. The Kier molecular flexibility index (Phi) is 5.47. The van der Waals surface area contributed by atoms with Crippen LogP contribution in [-0.4, -0.2) is 34.2 Å². The highest BCUT2D eigenvalue weighted by Crippen LogP contribution is 2.22. The van der Waals surface area contributed by atoms with E-state index in [2.05, 4.69) is 4.72 Å². The van der Waals surface area contributed by atoms with Crippen LogP contribution in [-0.2, 0) is 26.6 Å². The summed E-state index contributed by atoms with van der Waals surface area (Å²) in [6.07, 6.45) is 1.71. The second kappa shape index (κ2) is 7.48. The average molecular weight is 395 g/mol. The third-order valence-electron chi connectivity index (χ3n) is 4.42. The number of nitrogens with zero attached hydrogens (tertiary/aromatic N) is 1. The molecule has 0 bridgehead atoms. The number of sulfonamides is 2. The Morgan fingerprint density at radius 2 is 1.38 bits per heavy atom. The summed E-state index contributed by atoms with van der Waals surface area (Å²) in [5.41, 5.74) is 1.96. The maximum absolute atomic E-state index is 12.5. The molecule has 0 unspecified atom stereocenters. The van der Waals surface area contributed by atoms with Crippen LogP contribution in [0.3, 0.4) is 0 Å². The Morgan fingerprint density at radius 3 is 1.96 bits per heavy atom. The highest BCUT2D eigenvalue weighted by Gasteiger charge is 2.27. The van der Waals surface area contributed by atoms with E-state index in [4.69, 9.17) is 0 Å². The number of aryl methyl sites for hydroxylation is 1. The Bertz CT molecular complexity index is 961. The third kappa shape index (κ3) is 4.15. The van der Waals surface area contributed by atoms with Crippen LogP contribution in [0.1, 0.15) is 24.0 Å². The molecule has 140 valence electrons. The number of hydrogen-bond acceptors (Lipinski definition) is 4. The maximum atomic E-state index is 12.5. The standard InChI is InChI=1S/C18H22N2O4S2/c1-15-4-6-16(7-5-15)14-19-25(21,22)17-8-10-18(11-9-17)26(23,24)20-12-2-3-13-20/h4-11,19H,2-3,12-14H2,1H3. The molecule has 2 aromatic rings. The van der Waals surface area contributed by atoms with Gasteiger partial charge in [0, 0.05) is 19.6 Å². The van der Waals surface area contributed by atoms with E-state index in [1.165, 1.54) is 28.6 Å². The van der Waals surface area contributed by atoms with Gasteiger partial charge >= 0.3 is 0 Å². The van der Waals surface area contributed by atoms with Gasteiger partial charge in [0.15, 0.2) is 0 Å². The maximum Gasteiger partial charge on any atom is 0.243 e. The van der Waals surface area contributed by atoms with Gasteiger partial charge < -0.3 is 0 Å². The SMILES string of the molecule is Cc1ccc(CNS(=O)(=O)c2ccc(S(=O)(=O)N3CCCC3)cc2)cc1. The third-order valence-corrected chi connectivity index (χ3v) is 7.75. The number of nitrogens with one attached hydrogen (secondary N) is 1. The van der Waals surface area contributed by atoms with E-state index >= 15 is 0 Å². The summed E-state index contributed by atoms with van der Waals surface area (Å²) in [5.74, 6) is 0. The highest BCUT2D eigenvalue weighted by atomic mass is 32.2. The predicted molar refractivity (Wildman–Crippen MR) is 99.6 cm³/mol. The fourth-order valence-electron chi connectivity index (χ4n) is 2.84. The zero-order valence-corrected chi connectivity index (χ0v) is 16.2. The van der Waals surface area contributed by atoms with Crippen molar-refractivity contribution in [3.8, 4) is 0 Å². The van der Waals surface area contributed by atoms with Crippen LogP contribution < -0.4 is 4.72 Å². The minimum atomic E-state index is -3.71. The van der Waals surface area contributed by atoms with Gasteiger partial charge in [0.05, 0.1) is 9.79 Å². The molecule has 0 spiro atoms. The molecular formula is C18H22N2O4S2. The van der Waals surface area contributed by atoms with Crippen molar-refractivity contribution in [2.75, 3.05) is 13.1 Å². The molecule has 1 N–H and O–H groups in total. The van der Waals surface area contributed by atoms with Crippen molar-refractivity contribution in [2.24, 2.45) is 0 Å². The van der Waals surface area contributed by atoms with Crippen molar-refractivity contribution in [1.29, 1.82) is 0 Å². The van der Waals surface area contributed by atoms with Crippen LogP contribution in [0.25, 0.3) is 0 Å². The lowest BCUT2D eigenvalue weighted by Gasteiger charge is -2.15. The fraction of sp³-hybridized carbons (Fsp3) is 0.333. The van der Waals surface area contributed by atoms with Crippen molar-refractivity contribution in [1.82, 2.24) is 9.03 Å². The molecule has 1 aliphatic heterocycles. The second-order valence-corrected chi connectivity index (χ2v) is 10.1. The molecule has 1 fully saturated rings. The quantitative estimate of drug-likeness (QED) is 0.815. The molecule has 0 aliphatic carbocycles. The number of benzene rings is 2. The molecule has 0 aromatic heterocycles. The van der Waals surface area contributed by atoms with Gasteiger partial charge in [0.2, 0.25) is 20.0 Å². The van der Waals surface area contributed by atoms with Gasteiger partial charge in [0.1, 0.15) is 0 Å². The molecule has 0 atom stereocenters. The summed E-state index contributed by atoms with van der Waals surface area (Å²) in [4.78, 5) is 0.168. The minimum Gasteiger partial charge on any atom is -0.207 e. The zero-order valence-electron chi connectivity index (χ0n) is 14.6. The van der Waals surface area contributed by atoms with Crippen LogP contribution in [0, 0.1) is 6.92 Å². The topological polar surface area (TPSA) is 83.5 Å². The van der Waals surface area contributed by atoms with Gasteiger partial charge in [-0.05, 0) is 49.6 Å². The number of rotatable bonds is 6. The van der Waals surface area contributed by atoms with E-state index < -0.39 is 20.0 Å². The molecule has 0 amide bonds. The van der Waals surface area contributed by atoms with E-state index in [1.54, 1.807) is 0 Å². The summed E-state index contributed by atoms with van der Waals surface area (Å²) < 4.78 is 53.8. The van der Waals surface area contributed by atoms with Crippen LogP contribution in [0.4, 0.5) is 0 Å². The second-order valence-electron chi connectivity index (χ2n) is 6.39. The van der Waals surface area contributed by atoms with Gasteiger partial charge in [-0.15, -0.1) is 0 Å². The van der Waals surface area contributed by atoms with Gasteiger partial charge in [-0.2, -0.15) is 4.31 Å². The molecule has 26 heavy (non-hydrogen) atoms. The van der Waals surface area contributed by atoms with E-state index in [0.29, 0.717) is 13.1 Å². The van der Waals surface area contributed by atoms with Gasteiger partial charge in [-0.3, -0.25) is 0 Å². The van der Waals surface area contributed by atoms with Crippen LogP contribution in [0.5, 0.6) is 0 Å². The first-order valence-corrected chi connectivity index (χ1v) is 11.4. The fourth-order valence-corrected chi connectivity index (χ4v) is 5.37. The van der Waals surface area contributed by atoms with E-state index in [-0.39, 0.29) is 16.3 Å². The lowest BCUT2D eigenvalue weighted by atomic mass is 10.2. The predicted octanol–water partition coefficient (Wildman–Crippen LogP) is 2.26. The van der Waals surface area contributed by atoms with Crippen molar-refractivity contribution >= 4 is 20.0 Å². The first-order chi connectivity index (χ1) is 12.3. The van der Waals surface area contributed by atoms with E-state index in [0.717, 1.165) is 24.0 Å². The van der Waals surface area contributed by atoms with E-state index in [9.17, 15) is 16.8 Å².